The number of hydrogen-bond acceptors (Lipinski definition) is 5. The molecule has 1 aromatic heterocycles. The predicted molar refractivity (Wildman–Crippen MR) is 124 cm³/mol. The third kappa shape index (κ3) is 8.42. The molecule has 0 radical (unpaired) electrons. The SMILES string of the molecule is CN.CNC(Cc1cc(F)cc(F)c1)c1ncccc1-c1ccc(F)c(C=O)c1.O=CCCl. The summed E-state index contributed by atoms with van der Waals surface area (Å²) in [5.41, 5.74) is 6.91. The van der Waals surface area contributed by atoms with Crippen molar-refractivity contribution in [1.29, 1.82) is 0 Å². The molecule has 0 saturated carbocycles. The highest BCUT2D eigenvalue weighted by Gasteiger charge is 2.18. The van der Waals surface area contributed by atoms with Crippen molar-refractivity contribution in [3.8, 4) is 11.1 Å². The molecule has 0 saturated heterocycles. The largest absolute Gasteiger partial charge is 0.333 e. The number of rotatable bonds is 7. The fraction of sp³-hybridized carbons (Fsp3) is 0.208. The molecule has 1 unspecified atom stereocenters. The van der Waals surface area contributed by atoms with Gasteiger partial charge >= 0.3 is 0 Å². The number of benzene rings is 2. The highest BCUT2D eigenvalue weighted by molar-refractivity contribution is 6.24. The number of halogens is 4. The van der Waals surface area contributed by atoms with Crippen LogP contribution in [0.5, 0.6) is 0 Å². The molecule has 176 valence electrons. The second kappa shape index (κ2) is 14.9. The Labute approximate surface area is 195 Å². The first-order valence-electron chi connectivity index (χ1n) is 9.83. The lowest BCUT2D eigenvalue weighted by Gasteiger charge is -2.19. The van der Waals surface area contributed by atoms with Crippen molar-refractivity contribution in [2.24, 2.45) is 5.73 Å². The van der Waals surface area contributed by atoms with Gasteiger partial charge in [-0.1, -0.05) is 12.1 Å². The van der Waals surface area contributed by atoms with Gasteiger partial charge in [0.05, 0.1) is 23.2 Å². The van der Waals surface area contributed by atoms with Crippen LogP contribution in [0, 0.1) is 17.5 Å². The summed E-state index contributed by atoms with van der Waals surface area (Å²) in [6.07, 6.45) is 3.01. The maximum atomic E-state index is 13.6. The topological polar surface area (TPSA) is 85.1 Å². The van der Waals surface area contributed by atoms with Crippen LogP contribution in [0.4, 0.5) is 13.2 Å². The number of hydrogen-bond donors (Lipinski definition) is 2. The molecule has 0 aliphatic carbocycles. The van der Waals surface area contributed by atoms with E-state index in [1.807, 2.05) is 0 Å². The second-order valence-electron chi connectivity index (χ2n) is 6.43. The molecule has 33 heavy (non-hydrogen) atoms. The average Bonchev–Trinajstić information content (AvgIpc) is 2.84. The first kappa shape index (κ1) is 28.0. The van der Waals surface area contributed by atoms with Crippen molar-refractivity contribution < 1.29 is 22.8 Å². The van der Waals surface area contributed by atoms with Gasteiger partial charge < -0.3 is 15.8 Å². The number of nitrogens with one attached hydrogen (secondary N) is 1. The molecule has 0 bridgehead atoms. The van der Waals surface area contributed by atoms with E-state index in [2.05, 4.69) is 16.0 Å². The van der Waals surface area contributed by atoms with Crippen molar-refractivity contribution in [3.63, 3.8) is 0 Å². The summed E-state index contributed by atoms with van der Waals surface area (Å²) < 4.78 is 40.7. The van der Waals surface area contributed by atoms with Crippen molar-refractivity contribution in [2.45, 2.75) is 12.5 Å². The van der Waals surface area contributed by atoms with E-state index >= 15 is 0 Å². The maximum absolute atomic E-state index is 13.6. The lowest BCUT2D eigenvalue weighted by Crippen LogP contribution is -2.21. The van der Waals surface area contributed by atoms with E-state index in [4.69, 9.17) is 16.4 Å². The van der Waals surface area contributed by atoms with Gasteiger partial charge in [0, 0.05) is 17.8 Å². The van der Waals surface area contributed by atoms with Crippen LogP contribution >= 0.6 is 11.6 Å². The molecule has 1 atom stereocenters. The van der Waals surface area contributed by atoms with E-state index in [1.54, 1.807) is 31.4 Å². The van der Waals surface area contributed by atoms with Gasteiger partial charge in [-0.3, -0.25) is 9.78 Å². The van der Waals surface area contributed by atoms with Crippen LogP contribution in [0.1, 0.15) is 27.7 Å². The zero-order valence-corrected chi connectivity index (χ0v) is 19.0. The van der Waals surface area contributed by atoms with Crippen molar-refractivity contribution in [2.75, 3.05) is 20.0 Å². The van der Waals surface area contributed by atoms with E-state index < -0.39 is 17.5 Å². The van der Waals surface area contributed by atoms with Crippen LogP contribution in [-0.4, -0.2) is 37.5 Å². The van der Waals surface area contributed by atoms with Crippen LogP contribution in [0.3, 0.4) is 0 Å². The van der Waals surface area contributed by atoms with Crippen LogP contribution < -0.4 is 11.1 Å². The average molecular weight is 480 g/mol. The summed E-state index contributed by atoms with van der Waals surface area (Å²) in [6, 6.07) is 10.8. The number of carbonyl (C=O) groups is 2. The van der Waals surface area contributed by atoms with Gasteiger partial charge in [0.1, 0.15) is 23.7 Å². The summed E-state index contributed by atoms with van der Waals surface area (Å²) in [7, 11) is 3.22. The molecule has 0 amide bonds. The molecule has 3 aromatic rings. The van der Waals surface area contributed by atoms with Gasteiger partial charge in [-0.2, -0.15) is 0 Å². The number of alkyl halides is 1. The molecule has 3 rings (SSSR count). The Morgan fingerprint density at radius 2 is 1.70 bits per heavy atom. The molecule has 3 N–H and O–H groups in total. The zero-order valence-electron chi connectivity index (χ0n) is 18.2. The van der Waals surface area contributed by atoms with Gasteiger partial charge in [-0.15, -0.1) is 11.6 Å². The third-order valence-corrected chi connectivity index (χ3v) is 4.50. The monoisotopic (exact) mass is 479 g/mol. The van der Waals surface area contributed by atoms with Crippen molar-refractivity contribution >= 4 is 24.2 Å². The number of aldehydes is 2. The number of nitrogens with two attached hydrogens (primary N) is 1. The fourth-order valence-electron chi connectivity index (χ4n) is 3.04. The minimum Gasteiger partial charge on any atom is -0.333 e. The summed E-state index contributed by atoms with van der Waals surface area (Å²) in [4.78, 5) is 24.5. The van der Waals surface area contributed by atoms with Gasteiger partial charge in [-0.25, -0.2) is 13.2 Å². The Bertz CT molecular complexity index is 1030. The minimum atomic E-state index is -0.643. The Hall–Kier alpha value is -3.07. The summed E-state index contributed by atoms with van der Waals surface area (Å²) in [5.74, 6) is -1.77. The van der Waals surface area contributed by atoms with Gasteiger partial charge in [0.15, 0.2) is 6.29 Å². The second-order valence-corrected chi connectivity index (χ2v) is 6.74. The Morgan fingerprint density at radius 3 is 2.24 bits per heavy atom. The highest BCUT2D eigenvalue weighted by Crippen LogP contribution is 2.29. The maximum Gasteiger partial charge on any atom is 0.153 e. The van der Waals surface area contributed by atoms with E-state index in [9.17, 15) is 18.0 Å². The number of nitrogens with zero attached hydrogens (tertiary/aromatic N) is 1. The van der Waals surface area contributed by atoms with Crippen molar-refractivity contribution in [3.05, 3.63) is 89.0 Å². The van der Waals surface area contributed by atoms with E-state index in [1.165, 1.54) is 31.3 Å². The molecule has 2 aromatic carbocycles. The van der Waals surface area contributed by atoms with Crippen LogP contribution in [-0.2, 0) is 11.2 Å². The Kier molecular flexibility index (Phi) is 12.6. The molecule has 0 fully saturated rings. The highest BCUT2D eigenvalue weighted by atomic mass is 35.5. The number of carbonyl (C=O) groups excluding carboxylic acids is 2. The number of aromatic nitrogens is 1. The summed E-state index contributed by atoms with van der Waals surface area (Å²) in [5, 5.41) is 3.10. The lowest BCUT2D eigenvalue weighted by molar-refractivity contribution is -0.105. The predicted octanol–water partition coefficient (Wildman–Crippen LogP) is 4.48. The quantitative estimate of drug-likeness (QED) is 0.385. The smallest absolute Gasteiger partial charge is 0.153 e. The van der Waals surface area contributed by atoms with Gasteiger partial charge in [0.2, 0.25) is 0 Å². The van der Waals surface area contributed by atoms with Crippen LogP contribution in [0.2, 0.25) is 0 Å². The van der Waals surface area contributed by atoms with E-state index in [0.29, 0.717) is 41.4 Å². The van der Waals surface area contributed by atoms with Crippen LogP contribution in [0.25, 0.3) is 11.1 Å². The molecule has 0 aliphatic rings. The Morgan fingerprint density at radius 1 is 1.06 bits per heavy atom. The summed E-state index contributed by atoms with van der Waals surface area (Å²) in [6.45, 7) is 0. The lowest BCUT2D eigenvalue weighted by atomic mass is 9.95. The Balaban J connectivity index is 0.000000820. The molecule has 1 heterocycles. The molecular weight excluding hydrogens is 455 g/mol. The normalized spacial score (nSPS) is 10.8. The van der Waals surface area contributed by atoms with Crippen LogP contribution in [0.15, 0.2) is 54.7 Å². The molecule has 9 heteroatoms. The minimum absolute atomic E-state index is 0.0458. The van der Waals surface area contributed by atoms with Gasteiger partial charge in [0.25, 0.3) is 0 Å². The van der Waals surface area contributed by atoms with Crippen molar-refractivity contribution in [1.82, 2.24) is 10.3 Å². The summed E-state index contributed by atoms with van der Waals surface area (Å²) >= 11 is 4.82. The molecule has 0 spiro atoms. The third-order valence-electron chi connectivity index (χ3n) is 4.38. The number of pyridine rings is 1. The molecule has 0 aliphatic heterocycles. The first-order chi connectivity index (χ1) is 15.9. The number of likely N-dealkylation sites (N-methyl/N-ethyl adjacent to an activating group) is 1. The van der Waals surface area contributed by atoms with Gasteiger partial charge in [-0.05, 0) is 62.0 Å². The fourth-order valence-corrected chi connectivity index (χ4v) is 3.04. The standard InChI is InChI=1S/C21H17F3N2O.C2H3ClO.CH5N/c1-25-20(9-13-7-16(22)11-17(23)8-13)21-18(3-2-6-26-21)14-4-5-19(24)15(10-14)12-27;3-1-2-4;1-2/h2-8,10-12,20,25H,9H2,1H3;2H,1H2;2H2,1H3. The van der Waals surface area contributed by atoms with E-state index in [0.717, 1.165) is 6.07 Å². The first-order valence-corrected chi connectivity index (χ1v) is 10.4. The van der Waals surface area contributed by atoms with E-state index in [-0.39, 0.29) is 17.5 Å². The molecule has 5 nitrogen and oxygen atoms in total. The molecular formula is C24H25ClF3N3O2. The zero-order chi connectivity index (χ0) is 24.8.